The highest BCUT2D eigenvalue weighted by Gasteiger charge is 2.08. The Hall–Kier alpha value is -1.88. The summed E-state index contributed by atoms with van der Waals surface area (Å²) in [4.78, 5) is 4.33. The molecule has 5 heteroatoms. The summed E-state index contributed by atoms with van der Waals surface area (Å²) in [5.74, 6) is 0.942. The zero-order valence-electron chi connectivity index (χ0n) is 12.0. The smallest absolute Gasteiger partial charge is 0.146 e. The quantitative estimate of drug-likeness (QED) is 0.763. The van der Waals surface area contributed by atoms with Gasteiger partial charge in [0.1, 0.15) is 12.2 Å². The Morgan fingerprint density at radius 3 is 2.67 bits per heavy atom. The van der Waals surface area contributed by atoms with Gasteiger partial charge in [-0.1, -0.05) is 40.2 Å². The van der Waals surface area contributed by atoms with Crippen molar-refractivity contribution in [3.05, 3.63) is 53.0 Å². The summed E-state index contributed by atoms with van der Waals surface area (Å²) < 4.78 is 3.04. The van der Waals surface area contributed by atoms with E-state index >= 15 is 0 Å². The van der Waals surface area contributed by atoms with Crippen molar-refractivity contribution in [2.45, 2.75) is 26.4 Å². The highest BCUT2D eigenvalue weighted by Crippen LogP contribution is 2.30. The first-order valence-electron chi connectivity index (χ1n) is 6.96. The molecule has 21 heavy (non-hydrogen) atoms. The summed E-state index contributed by atoms with van der Waals surface area (Å²) >= 11 is 3.60. The number of anilines is 1. The van der Waals surface area contributed by atoms with Gasteiger partial charge in [-0.05, 0) is 31.4 Å². The predicted octanol–water partition coefficient (Wildman–Crippen LogP) is 4.39. The van der Waals surface area contributed by atoms with Crippen molar-refractivity contribution in [3.63, 3.8) is 0 Å². The lowest BCUT2D eigenvalue weighted by atomic mass is 10.1. The van der Waals surface area contributed by atoms with E-state index < -0.39 is 0 Å². The second kappa shape index (κ2) is 5.85. The fraction of sp³-hybridized carbons (Fsp3) is 0.250. The first kappa shape index (κ1) is 14.1. The van der Waals surface area contributed by atoms with Gasteiger partial charge in [-0.3, -0.25) is 0 Å². The molecular weight excluding hydrogens is 328 g/mol. The molecule has 0 atom stereocenters. The Labute approximate surface area is 132 Å². The van der Waals surface area contributed by atoms with Crippen LogP contribution in [0, 0.1) is 0 Å². The Kier molecular flexibility index (Phi) is 3.92. The Bertz CT molecular complexity index is 764. The number of nitrogens with one attached hydrogen (secondary N) is 1. The molecule has 1 aromatic heterocycles. The second-order valence-electron chi connectivity index (χ2n) is 5.21. The van der Waals surface area contributed by atoms with E-state index in [1.165, 1.54) is 10.8 Å². The number of hydrogen-bond donors (Lipinski definition) is 1. The number of benzene rings is 2. The van der Waals surface area contributed by atoms with Crippen molar-refractivity contribution in [2.24, 2.45) is 0 Å². The first-order valence-corrected chi connectivity index (χ1v) is 7.75. The number of aromatic nitrogens is 3. The average molecular weight is 345 g/mol. The maximum absolute atomic E-state index is 4.33. The maximum Gasteiger partial charge on any atom is 0.146 e. The van der Waals surface area contributed by atoms with Crippen LogP contribution < -0.4 is 5.32 Å². The van der Waals surface area contributed by atoms with Gasteiger partial charge in [0.25, 0.3) is 0 Å². The summed E-state index contributed by atoms with van der Waals surface area (Å²) in [6.07, 6.45) is 1.61. The molecule has 0 aliphatic carbocycles. The van der Waals surface area contributed by atoms with Crippen LogP contribution in [-0.2, 0) is 6.54 Å². The highest BCUT2D eigenvalue weighted by molar-refractivity contribution is 9.10. The van der Waals surface area contributed by atoms with Gasteiger partial charge < -0.3 is 5.32 Å². The highest BCUT2D eigenvalue weighted by atomic mass is 79.9. The summed E-state index contributed by atoms with van der Waals surface area (Å²) in [5, 5.41) is 10.1. The largest absolute Gasteiger partial charge is 0.377 e. The molecule has 1 heterocycles. The molecule has 0 saturated carbocycles. The molecule has 0 bridgehead atoms. The summed E-state index contributed by atoms with van der Waals surface area (Å²) in [6.45, 7) is 4.87. The van der Waals surface area contributed by atoms with Crippen LogP contribution in [0.15, 0.2) is 47.2 Å². The zero-order chi connectivity index (χ0) is 14.8. The van der Waals surface area contributed by atoms with Crippen LogP contribution in [0.2, 0.25) is 0 Å². The average Bonchev–Trinajstić information content (AvgIpc) is 2.96. The van der Waals surface area contributed by atoms with Crippen LogP contribution >= 0.6 is 15.9 Å². The number of hydrogen-bond acceptors (Lipinski definition) is 3. The molecule has 0 radical (unpaired) electrons. The van der Waals surface area contributed by atoms with Gasteiger partial charge in [0, 0.05) is 21.6 Å². The molecule has 0 amide bonds. The summed E-state index contributed by atoms with van der Waals surface area (Å²) in [7, 11) is 0. The molecule has 0 aliphatic heterocycles. The van der Waals surface area contributed by atoms with Gasteiger partial charge in [0.05, 0.1) is 6.54 Å². The van der Waals surface area contributed by atoms with Crippen molar-refractivity contribution >= 4 is 32.4 Å². The lowest BCUT2D eigenvalue weighted by molar-refractivity contribution is 0.509. The molecule has 0 unspecified atom stereocenters. The SMILES string of the molecule is CC(C)n1ncnc1CNc1ccc(Br)c2ccccc12. The summed E-state index contributed by atoms with van der Waals surface area (Å²) in [5.41, 5.74) is 1.10. The molecule has 3 rings (SSSR count). The molecule has 1 N–H and O–H groups in total. The third-order valence-electron chi connectivity index (χ3n) is 3.44. The normalized spacial score (nSPS) is 11.2. The molecule has 108 valence electrons. The number of halogens is 1. The van der Waals surface area contributed by atoms with Crippen molar-refractivity contribution < 1.29 is 0 Å². The van der Waals surface area contributed by atoms with Gasteiger partial charge in [0.2, 0.25) is 0 Å². The van der Waals surface area contributed by atoms with E-state index in [-0.39, 0.29) is 0 Å². The van der Waals surface area contributed by atoms with E-state index in [1.807, 2.05) is 10.7 Å². The van der Waals surface area contributed by atoms with E-state index in [0.717, 1.165) is 16.0 Å². The minimum atomic E-state index is 0.311. The Morgan fingerprint density at radius 1 is 1.14 bits per heavy atom. The Balaban J connectivity index is 1.89. The van der Waals surface area contributed by atoms with Crippen molar-refractivity contribution in [1.82, 2.24) is 14.8 Å². The molecule has 0 aliphatic rings. The minimum absolute atomic E-state index is 0.311. The third kappa shape index (κ3) is 2.78. The molecule has 0 saturated heterocycles. The Morgan fingerprint density at radius 2 is 1.90 bits per heavy atom. The van der Waals surface area contributed by atoms with Crippen LogP contribution in [0.5, 0.6) is 0 Å². The fourth-order valence-electron chi connectivity index (χ4n) is 2.42. The van der Waals surface area contributed by atoms with Crippen LogP contribution in [0.4, 0.5) is 5.69 Å². The van der Waals surface area contributed by atoms with Gasteiger partial charge in [0.15, 0.2) is 0 Å². The second-order valence-corrected chi connectivity index (χ2v) is 6.06. The van der Waals surface area contributed by atoms with Crippen LogP contribution in [0.25, 0.3) is 10.8 Å². The molecular formula is C16H17BrN4. The number of nitrogens with zero attached hydrogens (tertiary/aromatic N) is 3. The van der Waals surface area contributed by atoms with Crippen LogP contribution in [0.3, 0.4) is 0 Å². The van der Waals surface area contributed by atoms with Crippen LogP contribution in [-0.4, -0.2) is 14.8 Å². The van der Waals surface area contributed by atoms with Crippen molar-refractivity contribution in [2.75, 3.05) is 5.32 Å². The maximum atomic E-state index is 4.33. The van der Waals surface area contributed by atoms with E-state index in [0.29, 0.717) is 12.6 Å². The molecule has 0 fully saturated rings. The molecule has 0 spiro atoms. The monoisotopic (exact) mass is 344 g/mol. The van der Waals surface area contributed by atoms with Crippen molar-refractivity contribution in [3.8, 4) is 0 Å². The minimum Gasteiger partial charge on any atom is -0.377 e. The van der Waals surface area contributed by atoms with E-state index in [9.17, 15) is 0 Å². The standard InChI is InChI=1S/C16H17BrN4/c1-11(2)21-16(19-10-20-21)9-18-15-8-7-14(17)12-5-3-4-6-13(12)15/h3-8,10-11,18H,9H2,1-2H3. The number of rotatable bonds is 4. The van der Waals surface area contributed by atoms with Gasteiger partial charge in [-0.25, -0.2) is 9.67 Å². The van der Waals surface area contributed by atoms with E-state index in [2.05, 4.69) is 75.5 Å². The predicted molar refractivity (Wildman–Crippen MR) is 89.4 cm³/mol. The first-order chi connectivity index (χ1) is 10.2. The zero-order valence-corrected chi connectivity index (χ0v) is 13.6. The molecule has 3 aromatic rings. The lowest BCUT2D eigenvalue weighted by Gasteiger charge is -2.13. The summed E-state index contributed by atoms with van der Waals surface area (Å²) in [6, 6.07) is 12.8. The topological polar surface area (TPSA) is 42.7 Å². The van der Waals surface area contributed by atoms with Gasteiger partial charge in [-0.2, -0.15) is 5.10 Å². The van der Waals surface area contributed by atoms with Gasteiger partial charge in [-0.15, -0.1) is 0 Å². The molecule has 2 aromatic carbocycles. The number of fused-ring (bicyclic) bond motifs is 1. The molecule has 4 nitrogen and oxygen atoms in total. The van der Waals surface area contributed by atoms with Crippen molar-refractivity contribution in [1.29, 1.82) is 0 Å². The fourth-order valence-corrected chi connectivity index (χ4v) is 2.90. The third-order valence-corrected chi connectivity index (χ3v) is 4.14. The van der Waals surface area contributed by atoms with Gasteiger partial charge >= 0.3 is 0 Å². The lowest BCUT2D eigenvalue weighted by Crippen LogP contribution is -2.12. The van der Waals surface area contributed by atoms with E-state index in [4.69, 9.17) is 0 Å². The van der Waals surface area contributed by atoms with Crippen LogP contribution in [0.1, 0.15) is 25.7 Å². The van der Waals surface area contributed by atoms with E-state index in [1.54, 1.807) is 6.33 Å².